The number of allylic oxidation sites excluding steroid dienone is 2. The highest BCUT2D eigenvalue weighted by atomic mass is 15.2. The molecule has 1 aliphatic heterocycles. The van der Waals surface area contributed by atoms with E-state index in [1.54, 1.807) is 0 Å². The van der Waals surface area contributed by atoms with Crippen LogP contribution in [0.15, 0.2) is 42.0 Å². The van der Waals surface area contributed by atoms with Crippen LogP contribution in [-0.2, 0) is 20.0 Å². The van der Waals surface area contributed by atoms with Gasteiger partial charge >= 0.3 is 0 Å². The number of nitrogens with zero attached hydrogens (tertiary/aromatic N) is 3. The predicted octanol–water partition coefficient (Wildman–Crippen LogP) is 5.22. The molecule has 3 rings (SSSR count). The molecule has 0 saturated heterocycles. The maximum atomic E-state index is 4.94. The SMILES string of the molecule is CC(C)=CCCC(C)CCN1CCc2nc(-c3ccccc3)n(C)c2C1. The lowest BCUT2D eigenvalue weighted by Crippen LogP contribution is -2.33. The molecule has 0 spiro atoms. The van der Waals surface area contributed by atoms with Crippen molar-refractivity contribution in [3.05, 3.63) is 53.4 Å². The molecule has 0 radical (unpaired) electrons. The quantitative estimate of drug-likeness (QED) is 0.638. The van der Waals surface area contributed by atoms with E-state index in [1.165, 1.54) is 48.3 Å². The molecule has 0 fully saturated rings. The van der Waals surface area contributed by atoms with Crippen molar-refractivity contribution in [2.45, 2.75) is 53.0 Å². The number of aromatic nitrogens is 2. The second-order valence-corrected chi connectivity index (χ2v) is 8.03. The van der Waals surface area contributed by atoms with Gasteiger partial charge < -0.3 is 4.57 Å². The largest absolute Gasteiger partial charge is 0.330 e. The number of hydrogen-bond acceptors (Lipinski definition) is 2. The lowest BCUT2D eigenvalue weighted by Gasteiger charge is -2.28. The Morgan fingerprint density at radius 1 is 1.19 bits per heavy atom. The minimum absolute atomic E-state index is 0.790. The molecule has 1 aromatic heterocycles. The van der Waals surface area contributed by atoms with E-state index in [0.29, 0.717) is 0 Å². The van der Waals surface area contributed by atoms with Gasteiger partial charge in [0.25, 0.3) is 0 Å². The van der Waals surface area contributed by atoms with E-state index in [0.717, 1.165) is 31.3 Å². The van der Waals surface area contributed by atoms with Crippen LogP contribution in [0.3, 0.4) is 0 Å². The lowest BCUT2D eigenvalue weighted by molar-refractivity contribution is 0.228. The van der Waals surface area contributed by atoms with Crippen molar-refractivity contribution in [2.24, 2.45) is 13.0 Å². The third-order valence-electron chi connectivity index (χ3n) is 5.52. The summed E-state index contributed by atoms with van der Waals surface area (Å²) >= 11 is 0. The summed E-state index contributed by atoms with van der Waals surface area (Å²) in [7, 11) is 2.17. The summed E-state index contributed by atoms with van der Waals surface area (Å²) in [6.45, 7) is 10.1. The van der Waals surface area contributed by atoms with Gasteiger partial charge in [-0.1, -0.05) is 48.9 Å². The fourth-order valence-corrected chi connectivity index (χ4v) is 3.78. The standard InChI is InChI=1S/C23H33N3/c1-18(2)9-8-10-19(3)13-15-26-16-14-21-22(17-26)25(4)23(24-21)20-11-6-5-7-12-20/h5-7,9,11-12,19H,8,10,13-17H2,1-4H3. The summed E-state index contributed by atoms with van der Waals surface area (Å²) in [5.74, 6) is 1.89. The van der Waals surface area contributed by atoms with Crippen LogP contribution in [0.25, 0.3) is 11.4 Å². The van der Waals surface area contributed by atoms with E-state index in [1.807, 2.05) is 0 Å². The minimum Gasteiger partial charge on any atom is -0.330 e. The fraction of sp³-hybridized carbons (Fsp3) is 0.522. The molecule has 1 aromatic carbocycles. The zero-order valence-electron chi connectivity index (χ0n) is 16.8. The van der Waals surface area contributed by atoms with E-state index in [-0.39, 0.29) is 0 Å². The van der Waals surface area contributed by atoms with Crippen LogP contribution < -0.4 is 0 Å². The van der Waals surface area contributed by atoms with Crippen LogP contribution in [0.4, 0.5) is 0 Å². The second-order valence-electron chi connectivity index (χ2n) is 8.03. The van der Waals surface area contributed by atoms with Gasteiger partial charge in [-0.25, -0.2) is 4.98 Å². The highest BCUT2D eigenvalue weighted by Crippen LogP contribution is 2.26. The van der Waals surface area contributed by atoms with Gasteiger partial charge in [-0.05, 0) is 45.6 Å². The van der Waals surface area contributed by atoms with Crippen LogP contribution in [0.5, 0.6) is 0 Å². The Morgan fingerprint density at radius 3 is 2.69 bits per heavy atom. The summed E-state index contributed by atoms with van der Waals surface area (Å²) in [6, 6.07) is 10.5. The smallest absolute Gasteiger partial charge is 0.140 e. The molecule has 2 heterocycles. The van der Waals surface area contributed by atoms with Crippen molar-refractivity contribution < 1.29 is 0 Å². The molecule has 3 nitrogen and oxygen atoms in total. The zero-order chi connectivity index (χ0) is 18.5. The van der Waals surface area contributed by atoms with E-state index < -0.39 is 0 Å². The third-order valence-corrected chi connectivity index (χ3v) is 5.52. The number of hydrogen-bond donors (Lipinski definition) is 0. The van der Waals surface area contributed by atoms with Crippen LogP contribution >= 0.6 is 0 Å². The monoisotopic (exact) mass is 351 g/mol. The maximum absolute atomic E-state index is 4.94. The molecule has 1 unspecified atom stereocenters. The van der Waals surface area contributed by atoms with Crippen LogP contribution in [0, 0.1) is 5.92 Å². The topological polar surface area (TPSA) is 21.1 Å². The van der Waals surface area contributed by atoms with Gasteiger partial charge in [-0.2, -0.15) is 0 Å². The molecule has 0 saturated carbocycles. The van der Waals surface area contributed by atoms with Crippen LogP contribution in [0.2, 0.25) is 0 Å². The first kappa shape index (κ1) is 18.9. The normalized spacial score (nSPS) is 15.5. The molecule has 0 aliphatic carbocycles. The molecular formula is C23H33N3. The minimum atomic E-state index is 0.790. The highest BCUT2D eigenvalue weighted by Gasteiger charge is 2.23. The summed E-state index contributed by atoms with van der Waals surface area (Å²) in [4.78, 5) is 7.54. The van der Waals surface area contributed by atoms with Crippen molar-refractivity contribution in [1.82, 2.24) is 14.5 Å². The first-order valence-corrected chi connectivity index (χ1v) is 10.00. The van der Waals surface area contributed by atoms with Crippen molar-refractivity contribution in [3.8, 4) is 11.4 Å². The molecule has 140 valence electrons. The number of imidazole rings is 1. The second kappa shape index (κ2) is 8.68. The van der Waals surface area contributed by atoms with Crippen molar-refractivity contribution in [3.63, 3.8) is 0 Å². The molecular weight excluding hydrogens is 318 g/mol. The Kier molecular flexibility index (Phi) is 6.31. The average molecular weight is 352 g/mol. The Morgan fingerprint density at radius 2 is 1.96 bits per heavy atom. The summed E-state index contributed by atoms with van der Waals surface area (Å²) in [5.41, 5.74) is 5.33. The summed E-state index contributed by atoms with van der Waals surface area (Å²) in [5, 5.41) is 0. The van der Waals surface area contributed by atoms with E-state index in [2.05, 4.69) is 73.7 Å². The van der Waals surface area contributed by atoms with E-state index in [9.17, 15) is 0 Å². The molecule has 0 bridgehead atoms. The molecule has 26 heavy (non-hydrogen) atoms. The maximum Gasteiger partial charge on any atom is 0.140 e. The molecule has 2 aromatic rings. The van der Waals surface area contributed by atoms with Crippen molar-refractivity contribution in [1.29, 1.82) is 0 Å². The molecule has 1 aliphatic rings. The predicted molar refractivity (Wildman–Crippen MR) is 110 cm³/mol. The van der Waals surface area contributed by atoms with Gasteiger partial charge in [-0.15, -0.1) is 0 Å². The summed E-state index contributed by atoms with van der Waals surface area (Å²) < 4.78 is 2.30. The lowest BCUT2D eigenvalue weighted by atomic mass is 10.00. The average Bonchev–Trinajstić information content (AvgIpc) is 2.97. The Balaban J connectivity index is 1.58. The number of rotatable bonds is 7. The van der Waals surface area contributed by atoms with Crippen molar-refractivity contribution >= 4 is 0 Å². The van der Waals surface area contributed by atoms with Gasteiger partial charge in [0.05, 0.1) is 11.4 Å². The highest BCUT2D eigenvalue weighted by molar-refractivity contribution is 5.56. The Hall–Kier alpha value is -1.87. The fourth-order valence-electron chi connectivity index (χ4n) is 3.78. The van der Waals surface area contributed by atoms with E-state index >= 15 is 0 Å². The summed E-state index contributed by atoms with van der Waals surface area (Å²) in [6.07, 6.45) is 7.24. The Labute approximate surface area is 158 Å². The van der Waals surface area contributed by atoms with Crippen LogP contribution in [0.1, 0.15) is 51.4 Å². The van der Waals surface area contributed by atoms with Gasteiger partial charge in [0.2, 0.25) is 0 Å². The number of benzene rings is 1. The Bertz CT molecular complexity index is 738. The molecule has 0 N–H and O–H groups in total. The number of fused-ring (bicyclic) bond motifs is 1. The van der Waals surface area contributed by atoms with Crippen LogP contribution in [-0.4, -0.2) is 27.5 Å². The van der Waals surface area contributed by atoms with Gasteiger partial charge in [0.1, 0.15) is 5.82 Å². The molecule has 0 amide bonds. The van der Waals surface area contributed by atoms with Gasteiger partial charge in [0, 0.05) is 32.1 Å². The first-order chi connectivity index (χ1) is 12.5. The first-order valence-electron chi connectivity index (χ1n) is 10.00. The zero-order valence-corrected chi connectivity index (χ0v) is 16.8. The molecule has 3 heteroatoms. The van der Waals surface area contributed by atoms with Crippen molar-refractivity contribution in [2.75, 3.05) is 13.1 Å². The van der Waals surface area contributed by atoms with Gasteiger partial charge in [-0.3, -0.25) is 4.90 Å². The molecule has 1 atom stereocenters. The third kappa shape index (κ3) is 4.64. The van der Waals surface area contributed by atoms with E-state index in [4.69, 9.17) is 4.98 Å². The van der Waals surface area contributed by atoms with Gasteiger partial charge in [0.15, 0.2) is 0 Å².